The summed E-state index contributed by atoms with van der Waals surface area (Å²) in [7, 11) is -3.60. The molecule has 0 bridgehead atoms. The van der Waals surface area contributed by atoms with Crippen LogP contribution >= 0.6 is 11.3 Å². The van der Waals surface area contributed by atoms with Crippen molar-refractivity contribution in [1.82, 2.24) is 9.62 Å². The minimum absolute atomic E-state index is 0.131. The van der Waals surface area contributed by atoms with Crippen molar-refractivity contribution >= 4 is 27.3 Å². The summed E-state index contributed by atoms with van der Waals surface area (Å²) in [6.45, 7) is 0.838. The van der Waals surface area contributed by atoms with Gasteiger partial charge in [-0.25, -0.2) is 8.42 Å². The molecule has 1 aliphatic rings. The Bertz CT molecular complexity index is 678. The molecule has 136 valence electrons. The van der Waals surface area contributed by atoms with E-state index in [2.05, 4.69) is 0 Å². The van der Waals surface area contributed by atoms with Crippen molar-refractivity contribution in [1.29, 1.82) is 0 Å². The number of carbonyl (C=O) groups is 1. The molecule has 0 aromatic carbocycles. The first-order chi connectivity index (χ1) is 11.1. The van der Waals surface area contributed by atoms with Crippen LogP contribution in [0.5, 0.6) is 0 Å². The minimum atomic E-state index is -4.45. The van der Waals surface area contributed by atoms with E-state index in [1.54, 1.807) is 12.1 Å². The van der Waals surface area contributed by atoms with Gasteiger partial charge in [0.05, 0.1) is 0 Å². The number of rotatable bonds is 5. The average Bonchev–Trinajstić information content (AvgIpc) is 3.02. The van der Waals surface area contributed by atoms with Crippen LogP contribution in [0.3, 0.4) is 0 Å². The Morgan fingerprint density at radius 2 is 1.96 bits per heavy atom. The third-order valence-corrected chi connectivity index (χ3v) is 7.46. The highest BCUT2D eigenvalue weighted by atomic mass is 32.2. The van der Waals surface area contributed by atoms with E-state index in [1.807, 2.05) is 12.2 Å². The number of halogens is 3. The van der Waals surface area contributed by atoms with Gasteiger partial charge < -0.3 is 5.32 Å². The van der Waals surface area contributed by atoms with E-state index >= 15 is 0 Å². The van der Waals surface area contributed by atoms with Crippen molar-refractivity contribution < 1.29 is 26.4 Å². The lowest BCUT2D eigenvalue weighted by Gasteiger charge is -2.30. The summed E-state index contributed by atoms with van der Waals surface area (Å²) in [4.78, 5) is 12.7. The van der Waals surface area contributed by atoms with E-state index in [0.29, 0.717) is 0 Å². The summed E-state index contributed by atoms with van der Waals surface area (Å²) in [5.41, 5.74) is 0. The molecule has 10 heteroatoms. The van der Waals surface area contributed by atoms with Crippen molar-refractivity contribution in [2.24, 2.45) is 5.92 Å². The summed E-state index contributed by atoms with van der Waals surface area (Å²) < 4.78 is 63.0. The molecular formula is C14H19F3N2O3S2. The zero-order valence-electron chi connectivity index (χ0n) is 13.1. The Hall–Kier alpha value is -1.13. The zero-order valence-corrected chi connectivity index (χ0v) is 14.7. The molecule has 5 nitrogen and oxygen atoms in total. The molecule has 1 saturated heterocycles. The average molecular weight is 384 g/mol. The molecule has 1 fully saturated rings. The number of thiophene rings is 1. The van der Waals surface area contributed by atoms with Crippen molar-refractivity contribution in [3.05, 3.63) is 17.0 Å². The van der Waals surface area contributed by atoms with Crippen molar-refractivity contribution in [3.63, 3.8) is 0 Å². The molecule has 0 spiro atoms. The van der Waals surface area contributed by atoms with Gasteiger partial charge in [0.25, 0.3) is 10.0 Å². The maximum absolute atomic E-state index is 12.5. The molecule has 1 aromatic rings. The van der Waals surface area contributed by atoms with Crippen molar-refractivity contribution in [2.45, 2.75) is 36.6 Å². The second-order valence-corrected chi connectivity index (χ2v) is 8.92. The van der Waals surface area contributed by atoms with Crippen LogP contribution in [-0.2, 0) is 21.2 Å². The lowest BCUT2D eigenvalue weighted by Crippen LogP contribution is -2.44. The molecule has 1 amide bonds. The summed E-state index contributed by atoms with van der Waals surface area (Å²) in [5.74, 6) is -1.26. The molecule has 1 N–H and O–H groups in total. The monoisotopic (exact) mass is 384 g/mol. The van der Waals surface area contributed by atoms with Gasteiger partial charge in [-0.1, -0.05) is 6.92 Å². The summed E-state index contributed by atoms with van der Waals surface area (Å²) in [6, 6.07) is 3.34. The fraction of sp³-hybridized carbons (Fsp3) is 0.643. The molecule has 0 aliphatic carbocycles. The summed E-state index contributed by atoms with van der Waals surface area (Å²) in [5, 5.41) is 1.86. The fourth-order valence-electron chi connectivity index (χ4n) is 2.50. The molecule has 0 saturated carbocycles. The molecule has 24 heavy (non-hydrogen) atoms. The largest absolute Gasteiger partial charge is 0.405 e. The van der Waals surface area contributed by atoms with E-state index in [-0.39, 0.29) is 30.1 Å². The first-order valence-corrected chi connectivity index (χ1v) is 9.82. The third kappa shape index (κ3) is 4.70. The van der Waals surface area contributed by atoms with E-state index < -0.39 is 34.6 Å². The van der Waals surface area contributed by atoms with Gasteiger partial charge in [-0.15, -0.1) is 11.3 Å². The van der Waals surface area contributed by atoms with Crippen molar-refractivity contribution in [3.8, 4) is 0 Å². The van der Waals surface area contributed by atoms with Gasteiger partial charge in [-0.3, -0.25) is 4.79 Å². The number of nitrogens with one attached hydrogen (secondary N) is 1. The van der Waals surface area contributed by atoms with Crippen LogP contribution < -0.4 is 5.32 Å². The normalized spacial score (nSPS) is 17.8. The van der Waals surface area contributed by atoms with E-state index in [9.17, 15) is 26.4 Å². The predicted molar refractivity (Wildman–Crippen MR) is 84.2 cm³/mol. The molecule has 2 heterocycles. The smallest absolute Gasteiger partial charge is 0.347 e. The quantitative estimate of drug-likeness (QED) is 0.848. The molecule has 1 aromatic heterocycles. The number of amides is 1. The van der Waals surface area contributed by atoms with Crippen LogP contribution in [0.4, 0.5) is 13.2 Å². The predicted octanol–water partition coefficient (Wildman–Crippen LogP) is 2.39. The van der Waals surface area contributed by atoms with Crippen molar-refractivity contribution in [2.75, 3.05) is 19.6 Å². The Morgan fingerprint density at radius 1 is 1.33 bits per heavy atom. The van der Waals surface area contributed by atoms with Crippen LogP contribution in [-0.4, -0.2) is 44.4 Å². The Labute approximate surface area is 142 Å². The number of sulfonamides is 1. The highest BCUT2D eigenvalue weighted by Crippen LogP contribution is 2.28. The Balaban J connectivity index is 1.93. The van der Waals surface area contributed by atoms with Crippen LogP contribution in [0.2, 0.25) is 0 Å². The van der Waals surface area contributed by atoms with E-state index in [0.717, 1.165) is 11.3 Å². The van der Waals surface area contributed by atoms with Crippen LogP contribution in [0.1, 0.15) is 24.6 Å². The van der Waals surface area contributed by atoms with Crippen LogP contribution in [0.15, 0.2) is 16.3 Å². The first-order valence-electron chi connectivity index (χ1n) is 7.57. The zero-order chi connectivity index (χ0) is 18.0. The molecule has 0 unspecified atom stereocenters. The van der Waals surface area contributed by atoms with Gasteiger partial charge in [0, 0.05) is 23.9 Å². The van der Waals surface area contributed by atoms with Gasteiger partial charge in [0.15, 0.2) is 0 Å². The van der Waals surface area contributed by atoms with E-state index in [1.165, 1.54) is 15.6 Å². The molecular weight excluding hydrogens is 365 g/mol. The van der Waals surface area contributed by atoms with Gasteiger partial charge in [-0.05, 0) is 31.4 Å². The highest BCUT2D eigenvalue weighted by molar-refractivity contribution is 7.91. The summed E-state index contributed by atoms with van der Waals surface area (Å²) in [6.07, 6.45) is -3.26. The number of hydrogen-bond donors (Lipinski definition) is 1. The molecule has 0 atom stereocenters. The van der Waals surface area contributed by atoms with Crippen LogP contribution in [0, 0.1) is 5.92 Å². The number of carbonyl (C=O) groups excluding carboxylic acids is 1. The third-order valence-electron chi connectivity index (χ3n) is 3.87. The highest BCUT2D eigenvalue weighted by Gasteiger charge is 2.34. The number of nitrogens with zero attached hydrogens (tertiary/aromatic N) is 1. The maximum atomic E-state index is 12.5. The fourth-order valence-corrected chi connectivity index (χ4v) is 5.42. The molecule has 0 radical (unpaired) electrons. The van der Waals surface area contributed by atoms with Crippen LogP contribution in [0.25, 0.3) is 0 Å². The number of piperidine rings is 1. The van der Waals surface area contributed by atoms with Gasteiger partial charge in [0.2, 0.25) is 5.91 Å². The number of aryl methyl sites for hydroxylation is 1. The lowest BCUT2D eigenvalue weighted by atomic mass is 9.97. The molecule has 1 aliphatic heterocycles. The standard InChI is InChI=1S/C14H19F3N2O3S2/c1-2-11-3-4-12(23-11)24(21,22)19-7-5-10(6-8-19)13(20)18-9-14(15,16)17/h3-4,10H,2,5-9H2,1H3,(H,18,20). The van der Waals surface area contributed by atoms with Gasteiger partial charge >= 0.3 is 6.18 Å². The minimum Gasteiger partial charge on any atom is -0.347 e. The van der Waals surface area contributed by atoms with E-state index in [4.69, 9.17) is 0 Å². The maximum Gasteiger partial charge on any atom is 0.405 e. The Kier molecular flexibility index (Phi) is 5.92. The topological polar surface area (TPSA) is 66.5 Å². The number of hydrogen-bond acceptors (Lipinski definition) is 4. The van der Waals surface area contributed by atoms with Gasteiger partial charge in [0.1, 0.15) is 10.8 Å². The molecule has 2 rings (SSSR count). The Morgan fingerprint density at radius 3 is 2.46 bits per heavy atom. The second kappa shape index (κ2) is 7.40. The number of alkyl halides is 3. The van der Waals surface area contributed by atoms with Gasteiger partial charge in [-0.2, -0.15) is 17.5 Å². The lowest BCUT2D eigenvalue weighted by molar-refractivity contribution is -0.141. The second-order valence-electron chi connectivity index (χ2n) is 5.59. The summed E-state index contributed by atoms with van der Waals surface area (Å²) >= 11 is 1.22. The SMILES string of the molecule is CCc1ccc(S(=O)(=O)N2CCC(C(=O)NCC(F)(F)F)CC2)s1. The first kappa shape index (κ1) is 19.2.